The topological polar surface area (TPSA) is 144 Å². The van der Waals surface area contributed by atoms with Crippen molar-refractivity contribution in [2.75, 3.05) is 0 Å². The Morgan fingerprint density at radius 1 is 1.10 bits per heavy atom. The summed E-state index contributed by atoms with van der Waals surface area (Å²) in [6, 6.07) is 6.01. The molecule has 0 atom stereocenters. The first-order chi connectivity index (χ1) is 14.1. The SMILES string of the molecule is O=C1S/C(=C\c2cc([N+](=O)[O-])cc([N+](=O)[O-])c2O)C(=O)N1Cc1ccc(Cl)cc1Cl. The highest BCUT2D eigenvalue weighted by Gasteiger charge is 2.36. The van der Waals surface area contributed by atoms with Gasteiger partial charge in [-0.05, 0) is 35.5 Å². The first kappa shape index (κ1) is 21.6. The van der Waals surface area contributed by atoms with Gasteiger partial charge < -0.3 is 5.11 Å². The van der Waals surface area contributed by atoms with Crippen LogP contribution in [0.1, 0.15) is 11.1 Å². The third kappa shape index (κ3) is 4.22. The molecule has 1 fully saturated rings. The Kier molecular flexibility index (Phi) is 5.97. The number of hydrogen-bond donors (Lipinski definition) is 1. The van der Waals surface area contributed by atoms with Crippen LogP contribution in [-0.4, -0.2) is 31.0 Å². The summed E-state index contributed by atoms with van der Waals surface area (Å²) in [4.78, 5) is 45.9. The van der Waals surface area contributed by atoms with Gasteiger partial charge in [0, 0.05) is 21.7 Å². The molecule has 30 heavy (non-hydrogen) atoms. The Hall–Kier alpha value is -3.15. The van der Waals surface area contributed by atoms with Crippen molar-refractivity contribution in [3.63, 3.8) is 0 Å². The molecule has 2 amide bonds. The average molecular weight is 470 g/mol. The Bertz CT molecular complexity index is 1150. The quantitative estimate of drug-likeness (QED) is 0.375. The molecular formula is C17H9Cl2N3O7S. The fourth-order valence-corrected chi connectivity index (χ4v) is 3.88. The number of aromatic hydroxyl groups is 1. The summed E-state index contributed by atoms with van der Waals surface area (Å²) in [6.45, 7) is -0.154. The monoisotopic (exact) mass is 469 g/mol. The molecule has 0 spiro atoms. The van der Waals surface area contributed by atoms with E-state index in [4.69, 9.17) is 23.2 Å². The zero-order chi connectivity index (χ0) is 22.2. The lowest BCUT2D eigenvalue weighted by molar-refractivity contribution is -0.394. The third-order valence-corrected chi connectivity index (χ3v) is 5.51. The van der Waals surface area contributed by atoms with Crippen molar-refractivity contribution >= 4 is 63.6 Å². The number of amides is 2. The number of thioether (sulfide) groups is 1. The lowest BCUT2D eigenvalue weighted by Gasteiger charge is -2.13. The molecule has 2 aromatic rings. The average Bonchev–Trinajstić information content (AvgIpc) is 2.92. The predicted molar refractivity (Wildman–Crippen MR) is 109 cm³/mol. The number of carbonyl (C=O) groups excluding carboxylic acids is 2. The zero-order valence-corrected chi connectivity index (χ0v) is 16.9. The van der Waals surface area contributed by atoms with Crippen LogP contribution < -0.4 is 0 Å². The number of nitrogens with zero attached hydrogens (tertiary/aromatic N) is 3. The van der Waals surface area contributed by atoms with Gasteiger partial charge in [0.05, 0.1) is 27.4 Å². The van der Waals surface area contributed by atoms with Crippen molar-refractivity contribution in [2.24, 2.45) is 0 Å². The summed E-state index contributed by atoms with van der Waals surface area (Å²) in [6.07, 6.45) is 0.990. The van der Waals surface area contributed by atoms with Gasteiger partial charge in [-0.1, -0.05) is 29.3 Å². The maximum atomic E-state index is 12.6. The van der Waals surface area contributed by atoms with Gasteiger partial charge in [0.25, 0.3) is 16.8 Å². The summed E-state index contributed by atoms with van der Waals surface area (Å²) < 4.78 is 0. The highest BCUT2D eigenvalue weighted by molar-refractivity contribution is 8.18. The lowest BCUT2D eigenvalue weighted by atomic mass is 10.1. The van der Waals surface area contributed by atoms with Crippen LogP contribution in [-0.2, 0) is 11.3 Å². The molecule has 0 aliphatic carbocycles. The number of hydrogen-bond acceptors (Lipinski definition) is 8. The molecule has 1 saturated heterocycles. The highest BCUT2D eigenvalue weighted by atomic mass is 35.5. The van der Waals surface area contributed by atoms with Crippen LogP contribution in [0.4, 0.5) is 16.2 Å². The number of phenolic OH excluding ortho intramolecular Hbond substituents is 1. The number of imide groups is 1. The molecule has 154 valence electrons. The first-order valence-electron chi connectivity index (χ1n) is 7.93. The minimum atomic E-state index is -0.992. The van der Waals surface area contributed by atoms with Gasteiger partial charge in [0.15, 0.2) is 0 Å². The Balaban J connectivity index is 1.97. The van der Waals surface area contributed by atoms with Gasteiger partial charge in [0.1, 0.15) is 0 Å². The standard InChI is InChI=1S/C17H9Cl2N3O7S/c18-10-2-1-8(12(19)5-10)7-20-16(24)14(30-17(20)25)4-9-3-11(21(26)27)6-13(15(9)23)22(28)29/h1-6,23H,7H2/b14-4-. The predicted octanol–water partition coefficient (Wildman–Crippen LogP) is 4.75. The minimum Gasteiger partial charge on any atom is -0.502 e. The second kappa shape index (κ2) is 8.30. The maximum absolute atomic E-state index is 12.6. The van der Waals surface area contributed by atoms with Crippen molar-refractivity contribution < 1.29 is 24.5 Å². The smallest absolute Gasteiger partial charge is 0.318 e. The number of rotatable bonds is 5. The first-order valence-corrected chi connectivity index (χ1v) is 9.51. The van der Waals surface area contributed by atoms with Crippen LogP contribution in [0.2, 0.25) is 10.0 Å². The van der Waals surface area contributed by atoms with E-state index in [0.717, 1.165) is 17.0 Å². The maximum Gasteiger partial charge on any atom is 0.318 e. The summed E-state index contributed by atoms with van der Waals surface area (Å²) in [5.74, 6) is -1.61. The number of halogens is 2. The molecule has 13 heteroatoms. The van der Waals surface area contributed by atoms with Crippen molar-refractivity contribution in [2.45, 2.75) is 6.54 Å². The fraction of sp³-hybridized carbons (Fsp3) is 0.0588. The van der Waals surface area contributed by atoms with Crippen LogP contribution in [0.3, 0.4) is 0 Å². The number of nitro benzene ring substituents is 2. The minimum absolute atomic E-state index is 0.154. The van der Waals surface area contributed by atoms with E-state index in [9.17, 15) is 34.9 Å². The molecule has 2 aromatic carbocycles. The van der Waals surface area contributed by atoms with E-state index in [1.165, 1.54) is 12.1 Å². The Morgan fingerprint density at radius 3 is 2.40 bits per heavy atom. The molecule has 1 heterocycles. The summed E-state index contributed by atoms with van der Waals surface area (Å²) in [5, 5.41) is 32.2. The summed E-state index contributed by atoms with van der Waals surface area (Å²) in [7, 11) is 0. The van der Waals surface area contributed by atoms with E-state index < -0.39 is 38.1 Å². The van der Waals surface area contributed by atoms with Crippen molar-refractivity contribution in [1.82, 2.24) is 4.90 Å². The van der Waals surface area contributed by atoms with Gasteiger partial charge in [-0.25, -0.2) is 0 Å². The fourth-order valence-electron chi connectivity index (χ4n) is 2.58. The van der Waals surface area contributed by atoms with Crippen LogP contribution in [0.25, 0.3) is 6.08 Å². The third-order valence-electron chi connectivity index (χ3n) is 4.02. The van der Waals surface area contributed by atoms with Crippen molar-refractivity contribution in [1.29, 1.82) is 0 Å². The highest BCUT2D eigenvalue weighted by Crippen LogP contribution is 2.39. The Morgan fingerprint density at radius 2 is 1.80 bits per heavy atom. The van der Waals surface area contributed by atoms with Crippen molar-refractivity contribution in [3.8, 4) is 5.75 Å². The number of carbonyl (C=O) groups is 2. The van der Waals surface area contributed by atoms with Gasteiger partial charge in [-0.2, -0.15) is 0 Å². The second-order valence-electron chi connectivity index (χ2n) is 5.92. The molecular weight excluding hydrogens is 461 g/mol. The van der Waals surface area contributed by atoms with E-state index in [2.05, 4.69) is 0 Å². The Labute approximate surface area is 182 Å². The zero-order valence-electron chi connectivity index (χ0n) is 14.6. The van der Waals surface area contributed by atoms with Crippen LogP contribution in [0, 0.1) is 20.2 Å². The van der Waals surface area contributed by atoms with Crippen LogP contribution in [0.15, 0.2) is 35.2 Å². The van der Waals surface area contributed by atoms with E-state index in [-0.39, 0.29) is 22.0 Å². The van der Waals surface area contributed by atoms with Crippen LogP contribution in [0.5, 0.6) is 5.75 Å². The van der Waals surface area contributed by atoms with Gasteiger partial charge in [-0.15, -0.1) is 0 Å². The normalized spacial score (nSPS) is 15.1. The van der Waals surface area contributed by atoms with Gasteiger partial charge >= 0.3 is 5.69 Å². The molecule has 0 bridgehead atoms. The molecule has 0 saturated carbocycles. The number of non-ortho nitro benzene ring substituents is 1. The van der Waals surface area contributed by atoms with E-state index in [0.29, 0.717) is 28.4 Å². The van der Waals surface area contributed by atoms with Crippen molar-refractivity contribution in [3.05, 3.63) is 76.6 Å². The van der Waals surface area contributed by atoms with E-state index >= 15 is 0 Å². The molecule has 0 unspecified atom stereocenters. The second-order valence-corrected chi connectivity index (χ2v) is 7.76. The largest absolute Gasteiger partial charge is 0.502 e. The molecule has 10 nitrogen and oxygen atoms in total. The van der Waals surface area contributed by atoms with Gasteiger partial charge in [-0.3, -0.25) is 34.7 Å². The van der Waals surface area contributed by atoms with Crippen LogP contribution >= 0.6 is 35.0 Å². The number of nitro groups is 2. The molecule has 1 aliphatic heterocycles. The van der Waals surface area contributed by atoms with Gasteiger partial charge in [0.2, 0.25) is 5.75 Å². The number of benzene rings is 2. The molecule has 0 radical (unpaired) electrons. The van der Waals surface area contributed by atoms with E-state index in [1.807, 2.05) is 0 Å². The molecule has 1 aliphatic rings. The molecule has 3 rings (SSSR count). The lowest BCUT2D eigenvalue weighted by Crippen LogP contribution is -2.27. The number of phenols is 1. The molecule has 1 N–H and O–H groups in total. The summed E-state index contributed by atoms with van der Waals surface area (Å²) in [5.41, 5.74) is -1.44. The molecule has 0 aromatic heterocycles. The van der Waals surface area contributed by atoms with E-state index in [1.54, 1.807) is 6.07 Å². The summed E-state index contributed by atoms with van der Waals surface area (Å²) >= 11 is 12.4.